The number of nitro benzene ring substituents is 1. The number of carbonyl (C=O) groups is 2. The Hall–Kier alpha value is -4.20. The SMILES string of the molecule is O=Cc1cc([N+](=O)[O-])ccc1OCC(=O)Nc1ccc2oc3ccccc3c2c1. The number of para-hydroxylation sites is 1. The van der Waals surface area contributed by atoms with Crippen LogP contribution in [0.5, 0.6) is 5.75 Å². The third kappa shape index (κ3) is 3.63. The number of hydrogen-bond acceptors (Lipinski definition) is 6. The van der Waals surface area contributed by atoms with Crippen molar-refractivity contribution < 1.29 is 23.7 Å². The van der Waals surface area contributed by atoms with Crippen molar-refractivity contribution in [3.05, 3.63) is 76.3 Å². The van der Waals surface area contributed by atoms with Gasteiger partial charge in [0.15, 0.2) is 12.9 Å². The first kappa shape index (κ1) is 18.2. The summed E-state index contributed by atoms with van der Waals surface area (Å²) in [6.07, 6.45) is 0.443. The van der Waals surface area contributed by atoms with Crippen LogP contribution in [0.4, 0.5) is 11.4 Å². The van der Waals surface area contributed by atoms with Crippen molar-refractivity contribution in [2.45, 2.75) is 0 Å². The molecule has 1 N–H and O–H groups in total. The summed E-state index contributed by atoms with van der Waals surface area (Å²) >= 11 is 0. The molecule has 0 atom stereocenters. The molecule has 0 fully saturated rings. The Morgan fingerprint density at radius 2 is 1.86 bits per heavy atom. The number of ether oxygens (including phenoxy) is 1. The van der Waals surface area contributed by atoms with Gasteiger partial charge in [0.1, 0.15) is 16.9 Å². The van der Waals surface area contributed by atoms with Crippen LogP contribution >= 0.6 is 0 Å². The third-order valence-corrected chi connectivity index (χ3v) is 4.35. The van der Waals surface area contributed by atoms with Crippen LogP contribution in [0.15, 0.2) is 65.1 Å². The first-order valence-corrected chi connectivity index (χ1v) is 8.63. The normalized spacial score (nSPS) is 10.8. The molecule has 0 bridgehead atoms. The average molecular weight is 390 g/mol. The summed E-state index contributed by atoms with van der Waals surface area (Å²) in [6.45, 7) is -0.358. The third-order valence-electron chi connectivity index (χ3n) is 4.35. The van der Waals surface area contributed by atoms with Gasteiger partial charge in [-0.3, -0.25) is 19.7 Å². The molecule has 0 spiro atoms. The smallest absolute Gasteiger partial charge is 0.270 e. The summed E-state index contributed by atoms with van der Waals surface area (Å²) < 4.78 is 11.1. The van der Waals surface area contributed by atoms with E-state index in [-0.39, 0.29) is 23.6 Å². The van der Waals surface area contributed by atoms with E-state index in [0.717, 1.165) is 22.4 Å². The van der Waals surface area contributed by atoms with Crippen molar-refractivity contribution in [1.82, 2.24) is 0 Å². The molecule has 8 nitrogen and oxygen atoms in total. The summed E-state index contributed by atoms with van der Waals surface area (Å²) in [5.41, 5.74) is 1.80. The number of furan rings is 1. The number of carbonyl (C=O) groups excluding carboxylic acids is 2. The van der Waals surface area contributed by atoms with E-state index in [2.05, 4.69) is 5.32 Å². The molecule has 0 radical (unpaired) electrons. The molecule has 29 heavy (non-hydrogen) atoms. The van der Waals surface area contributed by atoms with E-state index < -0.39 is 10.8 Å². The van der Waals surface area contributed by atoms with E-state index in [4.69, 9.17) is 9.15 Å². The molecule has 0 saturated carbocycles. The minimum Gasteiger partial charge on any atom is -0.483 e. The molecule has 4 rings (SSSR count). The number of nitrogens with zero attached hydrogens (tertiary/aromatic N) is 1. The maximum atomic E-state index is 12.2. The number of nitrogens with one attached hydrogen (secondary N) is 1. The molecule has 8 heteroatoms. The van der Waals surface area contributed by atoms with Gasteiger partial charge in [-0.25, -0.2) is 0 Å². The Labute approximate surface area is 163 Å². The Bertz CT molecular complexity index is 1260. The number of rotatable bonds is 6. The molecule has 0 saturated heterocycles. The van der Waals surface area contributed by atoms with Crippen molar-refractivity contribution in [3.8, 4) is 5.75 Å². The van der Waals surface area contributed by atoms with Gasteiger partial charge in [0.25, 0.3) is 11.6 Å². The van der Waals surface area contributed by atoms with Crippen LogP contribution in [0, 0.1) is 10.1 Å². The van der Waals surface area contributed by atoms with Crippen LogP contribution in [0.2, 0.25) is 0 Å². The van der Waals surface area contributed by atoms with E-state index in [1.807, 2.05) is 30.3 Å². The number of aldehydes is 1. The monoisotopic (exact) mass is 390 g/mol. The maximum Gasteiger partial charge on any atom is 0.270 e. The van der Waals surface area contributed by atoms with E-state index in [0.29, 0.717) is 17.6 Å². The van der Waals surface area contributed by atoms with Crippen LogP contribution in [-0.4, -0.2) is 23.7 Å². The molecule has 0 aliphatic rings. The predicted octanol–water partition coefficient (Wildman–Crippen LogP) is 4.32. The molecule has 4 aromatic rings. The number of amides is 1. The lowest BCUT2D eigenvalue weighted by molar-refractivity contribution is -0.384. The van der Waals surface area contributed by atoms with Gasteiger partial charge >= 0.3 is 0 Å². The second-order valence-corrected chi connectivity index (χ2v) is 6.24. The van der Waals surface area contributed by atoms with Crippen LogP contribution in [0.25, 0.3) is 21.9 Å². The van der Waals surface area contributed by atoms with Gasteiger partial charge in [0, 0.05) is 28.6 Å². The second kappa shape index (κ2) is 7.43. The van der Waals surface area contributed by atoms with Crippen molar-refractivity contribution in [3.63, 3.8) is 0 Å². The topological polar surface area (TPSA) is 112 Å². The number of hydrogen-bond donors (Lipinski definition) is 1. The molecule has 3 aromatic carbocycles. The van der Waals surface area contributed by atoms with E-state index in [1.54, 1.807) is 12.1 Å². The average Bonchev–Trinajstić information content (AvgIpc) is 3.10. The minimum atomic E-state index is -0.612. The standard InChI is InChI=1S/C21H14N2O6/c24-11-13-9-15(23(26)27)6-8-18(13)28-12-21(25)22-14-5-7-20-17(10-14)16-3-1-2-4-19(16)29-20/h1-11H,12H2,(H,22,25). The lowest BCUT2D eigenvalue weighted by atomic mass is 10.1. The lowest BCUT2D eigenvalue weighted by Crippen LogP contribution is -2.20. The summed E-state index contributed by atoms with van der Waals surface area (Å²) in [4.78, 5) is 33.5. The molecule has 1 aromatic heterocycles. The van der Waals surface area contributed by atoms with Crippen LogP contribution < -0.4 is 10.1 Å². The van der Waals surface area contributed by atoms with Crippen LogP contribution in [0.1, 0.15) is 10.4 Å². The Kier molecular flexibility index (Phi) is 4.66. The lowest BCUT2D eigenvalue weighted by Gasteiger charge is -2.09. The van der Waals surface area contributed by atoms with Crippen molar-refractivity contribution in [1.29, 1.82) is 0 Å². The predicted molar refractivity (Wildman–Crippen MR) is 106 cm³/mol. The van der Waals surface area contributed by atoms with Gasteiger partial charge in [-0.15, -0.1) is 0 Å². The summed E-state index contributed by atoms with van der Waals surface area (Å²) in [5, 5.41) is 15.3. The van der Waals surface area contributed by atoms with E-state index >= 15 is 0 Å². The molecule has 0 unspecified atom stereocenters. The van der Waals surface area contributed by atoms with Gasteiger partial charge in [-0.1, -0.05) is 18.2 Å². The fraction of sp³-hybridized carbons (Fsp3) is 0.0476. The number of fused-ring (bicyclic) bond motifs is 3. The van der Waals surface area contributed by atoms with E-state index in [1.165, 1.54) is 12.1 Å². The highest BCUT2D eigenvalue weighted by Crippen LogP contribution is 2.30. The highest BCUT2D eigenvalue weighted by molar-refractivity contribution is 6.07. The Morgan fingerprint density at radius 3 is 2.66 bits per heavy atom. The zero-order valence-electron chi connectivity index (χ0n) is 15.0. The number of non-ortho nitro benzene ring substituents is 1. The van der Waals surface area contributed by atoms with Crippen LogP contribution in [-0.2, 0) is 4.79 Å². The fourth-order valence-corrected chi connectivity index (χ4v) is 3.02. The summed E-state index contributed by atoms with van der Waals surface area (Å²) in [7, 11) is 0. The van der Waals surface area contributed by atoms with Crippen molar-refractivity contribution in [2.24, 2.45) is 0 Å². The van der Waals surface area contributed by atoms with E-state index in [9.17, 15) is 19.7 Å². The number of benzene rings is 3. The maximum absolute atomic E-state index is 12.2. The Balaban J connectivity index is 1.48. The van der Waals surface area contributed by atoms with Gasteiger partial charge in [-0.2, -0.15) is 0 Å². The summed E-state index contributed by atoms with van der Waals surface area (Å²) in [5.74, 6) is -0.343. The van der Waals surface area contributed by atoms with Crippen LogP contribution in [0.3, 0.4) is 0 Å². The zero-order valence-corrected chi connectivity index (χ0v) is 15.0. The van der Waals surface area contributed by atoms with Crippen molar-refractivity contribution in [2.75, 3.05) is 11.9 Å². The molecular formula is C21H14N2O6. The molecule has 144 valence electrons. The first-order valence-electron chi connectivity index (χ1n) is 8.63. The fourth-order valence-electron chi connectivity index (χ4n) is 3.02. The summed E-state index contributed by atoms with van der Waals surface area (Å²) in [6, 6.07) is 16.5. The molecule has 1 heterocycles. The molecule has 0 aliphatic heterocycles. The van der Waals surface area contributed by atoms with Crippen molar-refractivity contribution >= 4 is 45.5 Å². The second-order valence-electron chi connectivity index (χ2n) is 6.24. The molecule has 1 amide bonds. The minimum absolute atomic E-state index is 0.00159. The Morgan fingerprint density at radius 1 is 1.07 bits per heavy atom. The molecule has 0 aliphatic carbocycles. The first-order chi connectivity index (χ1) is 14.0. The number of anilines is 1. The van der Waals surface area contributed by atoms with Gasteiger partial charge < -0.3 is 14.5 Å². The molecular weight excluding hydrogens is 376 g/mol. The highest BCUT2D eigenvalue weighted by atomic mass is 16.6. The zero-order chi connectivity index (χ0) is 20.4. The van der Waals surface area contributed by atoms with Gasteiger partial charge in [0.05, 0.1) is 10.5 Å². The highest BCUT2D eigenvalue weighted by Gasteiger charge is 2.13. The van der Waals surface area contributed by atoms with Gasteiger partial charge in [-0.05, 0) is 30.3 Å². The largest absolute Gasteiger partial charge is 0.483 e. The number of nitro groups is 1. The van der Waals surface area contributed by atoms with Gasteiger partial charge in [0.2, 0.25) is 0 Å². The quantitative estimate of drug-likeness (QED) is 0.298.